The van der Waals surface area contributed by atoms with Crippen molar-refractivity contribution in [1.29, 1.82) is 0 Å². The molecular formula is C15H19FN2O3S. The summed E-state index contributed by atoms with van der Waals surface area (Å²) in [5.74, 6) is -0.301. The number of rotatable bonds is 3. The van der Waals surface area contributed by atoms with Gasteiger partial charge in [-0.2, -0.15) is 0 Å². The number of sulfone groups is 1. The zero-order chi connectivity index (χ0) is 15.7. The molecule has 0 radical (unpaired) electrons. The number of halogens is 1. The molecule has 1 atom stereocenters. The van der Waals surface area contributed by atoms with Gasteiger partial charge in [0.2, 0.25) is 5.91 Å². The molecule has 22 heavy (non-hydrogen) atoms. The van der Waals surface area contributed by atoms with E-state index in [0.29, 0.717) is 13.0 Å². The predicted octanol–water partition coefficient (Wildman–Crippen LogP) is 1.19. The van der Waals surface area contributed by atoms with Crippen molar-refractivity contribution in [1.82, 2.24) is 9.88 Å². The van der Waals surface area contributed by atoms with Crippen LogP contribution in [0.5, 0.6) is 0 Å². The van der Waals surface area contributed by atoms with Crippen molar-refractivity contribution in [3.8, 4) is 0 Å². The molecule has 0 spiro atoms. The summed E-state index contributed by atoms with van der Waals surface area (Å²) in [6.07, 6.45) is 3.71. The van der Waals surface area contributed by atoms with Gasteiger partial charge in [0.1, 0.15) is 5.82 Å². The van der Waals surface area contributed by atoms with E-state index in [1.165, 1.54) is 18.3 Å². The van der Waals surface area contributed by atoms with E-state index in [9.17, 15) is 17.6 Å². The molecule has 1 aromatic heterocycles. The molecule has 2 aliphatic rings. The first-order chi connectivity index (χ1) is 10.5. The zero-order valence-corrected chi connectivity index (χ0v) is 13.1. The molecule has 1 saturated heterocycles. The minimum absolute atomic E-state index is 0.0358. The normalized spacial score (nSPS) is 24.8. The van der Waals surface area contributed by atoms with Gasteiger partial charge in [-0.1, -0.05) is 0 Å². The van der Waals surface area contributed by atoms with E-state index in [-0.39, 0.29) is 41.5 Å². The van der Waals surface area contributed by atoms with Crippen LogP contribution in [0.3, 0.4) is 0 Å². The molecule has 3 rings (SSSR count). The Balaban J connectivity index is 1.79. The molecule has 1 aliphatic carbocycles. The van der Waals surface area contributed by atoms with Crippen molar-refractivity contribution in [2.45, 2.75) is 31.7 Å². The van der Waals surface area contributed by atoms with Crippen molar-refractivity contribution in [2.24, 2.45) is 5.92 Å². The monoisotopic (exact) mass is 326 g/mol. The summed E-state index contributed by atoms with van der Waals surface area (Å²) in [6, 6.07) is 2.50. The Morgan fingerprint density at radius 1 is 1.41 bits per heavy atom. The third-order valence-electron chi connectivity index (χ3n) is 4.32. The maximum Gasteiger partial charge on any atom is 0.228 e. The van der Waals surface area contributed by atoms with Crippen LogP contribution in [0, 0.1) is 11.7 Å². The number of hydrogen-bond acceptors (Lipinski definition) is 4. The Kier molecular flexibility index (Phi) is 4.16. The van der Waals surface area contributed by atoms with E-state index >= 15 is 0 Å². The van der Waals surface area contributed by atoms with Gasteiger partial charge >= 0.3 is 0 Å². The minimum Gasteiger partial charge on any atom is -0.338 e. The average Bonchev–Trinajstić information content (AvgIpc) is 3.28. The molecule has 0 unspecified atom stereocenters. The summed E-state index contributed by atoms with van der Waals surface area (Å²) in [4.78, 5) is 18.1. The zero-order valence-electron chi connectivity index (χ0n) is 12.2. The average molecular weight is 326 g/mol. The van der Waals surface area contributed by atoms with Crippen LogP contribution in [0.25, 0.3) is 0 Å². The van der Waals surface area contributed by atoms with Crippen molar-refractivity contribution in [2.75, 3.05) is 18.1 Å². The summed E-state index contributed by atoms with van der Waals surface area (Å²) in [6.45, 7) is 0.424. The maximum atomic E-state index is 13.7. The van der Waals surface area contributed by atoms with Gasteiger partial charge in [-0.25, -0.2) is 12.8 Å². The van der Waals surface area contributed by atoms with Gasteiger partial charge in [-0.05, 0) is 37.3 Å². The molecular weight excluding hydrogens is 307 g/mol. The summed E-state index contributed by atoms with van der Waals surface area (Å²) in [5, 5.41) is 0. The Labute approximate surface area is 129 Å². The van der Waals surface area contributed by atoms with Crippen LogP contribution in [0.2, 0.25) is 0 Å². The van der Waals surface area contributed by atoms with Crippen LogP contribution in [0.1, 0.15) is 25.0 Å². The lowest BCUT2D eigenvalue weighted by molar-refractivity contribution is -0.132. The quantitative estimate of drug-likeness (QED) is 0.837. The van der Waals surface area contributed by atoms with Crippen molar-refractivity contribution < 1.29 is 17.6 Å². The Morgan fingerprint density at radius 3 is 2.86 bits per heavy atom. The smallest absolute Gasteiger partial charge is 0.228 e. The molecule has 1 aliphatic heterocycles. The van der Waals surface area contributed by atoms with Crippen LogP contribution in [0.4, 0.5) is 4.39 Å². The molecule has 120 valence electrons. The molecule has 7 heteroatoms. The fraction of sp³-hybridized carbons (Fsp3) is 0.600. The number of aromatic nitrogens is 1. The highest BCUT2D eigenvalue weighted by atomic mass is 32.2. The van der Waals surface area contributed by atoms with Crippen LogP contribution in [-0.4, -0.2) is 48.3 Å². The Bertz CT molecular complexity index is 673. The van der Waals surface area contributed by atoms with Gasteiger partial charge in [0.25, 0.3) is 0 Å². The van der Waals surface area contributed by atoms with Crippen molar-refractivity contribution in [3.05, 3.63) is 29.8 Å². The van der Waals surface area contributed by atoms with Crippen LogP contribution in [-0.2, 0) is 21.1 Å². The SMILES string of the molecule is O=C(Cc1ncccc1F)N1CCCS(=O)(=O)C[C@H]1C1CC1. The summed E-state index contributed by atoms with van der Waals surface area (Å²) in [7, 11) is -3.10. The highest BCUT2D eigenvalue weighted by Crippen LogP contribution is 2.37. The van der Waals surface area contributed by atoms with Crippen LogP contribution in [0.15, 0.2) is 18.3 Å². The molecule has 0 N–H and O–H groups in total. The lowest BCUT2D eigenvalue weighted by Crippen LogP contribution is -2.45. The topological polar surface area (TPSA) is 67.3 Å². The van der Waals surface area contributed by atoms with Crippen LogP contribution >= 0.6 is 0 Å². The van der Waals surface area contributed by atoms with Crippen LogP contribution < -0.4 is 0 Å². The lowest BCUT2D eigenvalue weighted by atomic mass is 10.1. The van der Waals surface area contributed by atoms with E-state index in [2.05, 4.69) is 4.98 Å². The number of hydrogen-bond donors (Lipinski definition) is 0. The molecule has 5 nitrogen and oxygen atoms in total. The van der Waals surface area contributed by atoms with Crippen molar-refractivity contribution in [3.63, 3.8) is 0 Å². The summed E-state index contributed by atoms with van der Waals surface area (Å²) >= 11 is 0. The fourth-order valence-corrected chi connectivity index (χ4v) is 4.74. The molecule has 0 aromatic carbocycles. The number of carbonyl (C=O) groups excluding carboxylic acids is 1. The first kappa shape index (κ1) is 15.4. The van der Waals surface area contributed by atoms with Gasteiger partial charge in [0, 0.05) is 18.8 Å². The van der Waals surface area contributed by atoms with Crippen molar-refractivity contribution >= 4 is 15.7 Å². The fourth-order valence-electron chi connectivity index (χ4n) is 3.03. The second-order valence-corrected chi connectivity index (χ2v) is 8.30. The largest absolute Gasteiger partial charge is 0.338 e. The van der Waals surface area contributed by atoms with Gasteiger partial charge in [0.05, 0.1) is 23.6 Å². The highest BCUT2D eigenvalue weighted by Gasteiger charge is 2.41. The van der Waals surface area contributed by atoms with E-state index in [4.69, 9.17) is 0 Å². The predicted molar refractivity (Wildman–Crippen MR) is 79.4 cm³/mol. The second kappa shape index (κ2) is 5.95. The summed E-state index contributed by atoms with van der Waals surface area (Å²) < 4.78 is 37.6. The van der Waals surface area contributed by atoms with E-state index < -0.39 is 15.7 Å². The number of pyridine rings is 1. The molecule has 0 bridgehead atoms. The van der Waals surface area contributed by atoms with Gasteiger partial charge in [-0.15, -0.1) is 0 Å². The standard InChI is InChI=1S/C15H19FN2O3S/c16-12-3-1-6-17-13(12)9-15(19)18-7-2-8-22(20,21)10-14(18)11-4-5-11/h1,3,6,11,14H,2,4-5,7-10H2/t14-/m0/s1. The van der Waals surface area contributed by atoms with E-state index in [1.54, 1.807) is 4.90 Å². The maximum absolute atomic E-state index is 13.7. The third-order valence-corrected chi connectivity index (χ3v) is 6.08. The first-order valence-electron chi connectivity index (χ1n) is 7.55. The first-order valence-corrected chi connectivity index (χ1v) is 9.38. The van der Waals surface area contributed by atoms with E-state index in [1.807, 2.05) is 0 Å². The second-order valence-electron chi connectivity index (χ2n) is 6.07. The Morgan fingerprint density at radius 2 is 2.18 bits per heavy atom. The molecule has 1 saturated carbocycles. The van der Waals surface area contributed by atoms with Gasteiger partial charge in [-0.3, -0.25) is 9.78 Å². The highest BCUT2D eigenvalue weighted by molar-refractivity contribution is 7.91. The minimum atomic E-state index is -3.10. The molecule has 2 fully saturated rings. The third kappa shape index (κ3) is 3.45. The number of amides is 1. The lowest BCUT2D eigenvalue weighted by Gasteiger charge is -2.29. The summed E-state index contributed by atoms with van der Waals surface area (Å²) in [5.41, 5.74) is 0.120. The van der Waals surface area contributed by atoms with E-state index in [0.717, 1.165) is 12.8 Å². The molecule has 2 heterocycles. The van der Waals surface area contributed by atoms with Gasteiger partial charge < -0.3 is 4.90 Å². The van der Waals surface area contributed by atoms with Gasteiger partial charge in [0.15, 0.2) is 9.84 Å². The molecule has 1 aromatic rings. The Hall–Kier alpha value is -1.50. The number of carbonyl (C=O) groups is 1. The number of nitrogens with zero attached hydrogens (tertiary/aromatic N) is 2. The molecule has 1 amide bonds.